The average Bonchev–Trinajstić information content (AvgIpc) is 2.15. The van der Waals surface area contributed by atoms with E-state index in [4.69, 9.17) is 17.3 Å². The van der Waals surface area contributed by atoms with E-state index in [1.807, 2.05) is 6.92 Å². The van der Waals surface area contributed by atoms with Gasteiger partial charge in [-0.3, -0.25) is 4.79 Å². The molecule has 1 aromatic carbocycles. The number of halogens is 1. The second kappa shape index (κ2) is 4.23. The van der Waals surface area contributed by atoms with E-state index in [1.54, 1.807) is 18.2 Å². The number of aromatic amines is 1. The maximum Gasteiger partial charge on any atom is 0.258 e. The van der Waals surface area contributed by atoms with Crippen LogP contribution in [0.5, 0.6) is 0 Å². The van der Waals surface area contributed by atoms with Crippen LogP contribution in [-0.2, 0) is 6.42 Å². The summed E-state index contributed by atoms with van der Waals surface area (Å²) in [7, 11) is 0. The maximum absolute atomic E-state index is 11.7. The van der Waals surface area contributed by atoms with Crippen LogP contribution in [0.3, 0.4) is 0 Å². The van der Waals surface area contributed by atoms with Crippen LogP contribution in [0, 0.1) is 0 Å². The number of fused-ring (bicyclic) bond motifs is 1. The summed E-state index contributed by atoms with van der Waals surface area (Å²) in [6.07, 6.45) is 0.539. The minimum atomic E-state index is -0.155. The molecule has 4 nitrogen and oxygen atoms in total. The topological polar surface area (TPSA) is 71.8 Å². The van der Waals surface area contributed by atoms with E-state index >= 15 is 0 Å². The van der Waals surface area contributed by atoms with Gasteiger partial charge in [0.15, 0.2) is 0 Å². The Morgan fingerprint density at radius 2 is 2.31 bits per heavy atom. The predicted molar refractivity (Wildman–Crippen MR) is 64.7 cm³/mol. The minimum Gasteiger partial charge on any atom is -0.328 e. The number of aromatic nitrogens is 2. The molecular weight excluding hydrogens is 226 g/mol. The summed E-state index contributed by atoms with van der Waals surface area (Å²) in [6, 6.07) is 4.97. The largest absolute Gasteiger partial charge is 0.328 e. The van der Waals surface area contributed by atoms with Crippen LogP contribution in [0.4, 0.5) is 0 Å². The molecule has 0 saturated heterocycles. The summed E-state index contributed by atoms with van der Waals surface area (Å²) in [6.45, 7) is 1.86. The van der Waals surface area contributed by atoms with Crippen molar-refractivity contribution in [3.8, 4) is 0 Å². The van der Waals surface area contributed by atoms with Gasteiger partial charge in [0, 0.05) is 17.5 Å². The van der Waals surface area contributed by atoms with Gasteiger partial charge in [-0.2, -0.15) is 0 Å². The van der Waals surface area contributed by atoms with Gasteiger partial charge in [-0.25, -0.2) is 4.98 Å². The van der Waals surface area contributed by atoms with E-state index in [0.717, 1.165) is 0 Å². The zero-order chi connectivity index (χ0) is 11.7. The predicted octanol–water partition coefficient (Wildman–Crippen LogP) is 1.47. The first-order valence-electron chi connectivity index (χ1n) is 5.00. The van der Waals surface area contributed by atoms with Gasteiger partial charge in [0.2, 0.25) is 0 Å². The molecule has 3 N–H and O–H groups in total. The molecule has 0 aliphatic heterocycles. The van der Waals surface area contributed by atoms with E-state index < -0.39 is 0 Å². The molecule has 0 fully saturated rings. The van der Waals surface area contributed by atoms with Gasteiger partial charge < -0.3 is 10.7 Å². The lowest BCUT2D eigenvalue weighted by molar-refractivity contribution is 0.703. The van der Waals surface area contributed by atoms with Gasteiger partial charge in [0.25, 0.3) is 5.56 Å². The third-order valence-electron chi connectivity index (χ3n) is 2.23. The number of hydrogen-bond acceptors (Lipinski definition) is 3. The third-order valence-corrected chi connectivity index (χ3v) is 2.47. The van der Waals surface area contributed by atoms with Crippen molar-refractivity contribution in [3.05, 3.63) is 39.4 Å². The molecule has 1 heterocycles. The molecule has 2 rings (SSSR count). The van der Waals surface area contributed by atoms with E-state index in [0.29, 0.717) is 28.2 Å². The zero-order valence-corrected chi connectivity index (χ0v) is 9.58. The third kappa shape index (κ3) is 2.23. The number of H-pyrrole nitrogens is 1. The van der Waals surface area contributed by atoms with Gasteiger partial charge in [0.05, 0.1) is 10.9 Å². The molecule has 0 aliphatic carbocycles. The summed E-state index contributed by atoms with van der Waals surface area (Å²) in [5.41, 5.74) is 6.11. The average molecular weight is 238 g/mol. The molecule has 84 valence electrons. The summed E-state index contributed by atoms with van der Waals surface area (Å²) >= 11 is 5.85. The van der Waals surface area contributed by atoms with Crippen LogP contribution < -0.4 is 11.3 Å². The van der Waals surface area contributed by atoms with Crippen molar-refractivity contribution in [2.45, 2.75) is 19.4 Å². The molecule has 16 heavy (non-hydrogen) atoms. The molecule has 1 aromatic heterocycles. The molecule has 0 radical (unpaired) electrons. The van der Waals surface area contributed by atoms with Crippen molar-refractivity contribution in [2.75, 3.05) is 0 Å². The first-order valence-corrected chi connectivity index (χ1v) is 5.38. The van der Waals surface area contributed by atoms with Crippen LogP contribution >= 0.6 is 11.6 Å². The quantitative estimate of drug-likeness (QED) is 0.831. The van der Waals surface area contributed by atoms with Crippen LogP contribution in [0.2, 0.25) is 5.02 Å². The Morgan fingerprint density at radius 1 is 1.56 bits per heavy atom. The number of hydrogen-bond donors (Lipinski definition) is 2. The molecule has 0 saturated carbocycles. The number of nitrogens with one attached hydrogen (secondary N) is 1. The lowest BCUT2D eigenvalue weighted by Crippen LogP contribution is -2.22. The highest BCUT2D eigenvalue weighted by Gasteiger charge is 2.05. The van der Waals surface area contributed by atoms with Gasteiger partial charge in [-0.15, -0.1) is 0 Å². The van der Waals surface area contributed by atoms with Crippen molar-refractivity contribution >= 4 is 22.5 Å². The Bertz CT molecular complexity index is 577. The van der Waals surface area contributed by atoms with Crippen molar-refractivity contribution < 1.29 is 0 Å². The molecule has 0 amide bonds. The highest BCUT2D eigenvalue weighted by atomic mass is 35.5. The second-order valence-electron chi connectivity index (χ2n) is 3.86. The SMILES string of the molecule is CC(N)Cc1nc2cc(Cl)ccc2c(=O)[nH]1. The number of nitrogens with two attached hydrogens (primary N) is 1. The molecule has 0 aliphatic rings. The fourth-order valence-corrected chi connectivity index (χ4v) is 1.73. The zero-order valence-electron chi connectivity index (χ0n) is 8.83. The van der Waals surface area contributed by atoms with Crippen molar-refractivity contribution in [1.82, 2.24) is 9.97 Å². The second-order valence-corrected chi connectivity index (χ2v) is 4.29. The van der Waals surface area contributed by atoms with Gasteiger partial charge in [0.1, 0.15) is 5.82 Å². The van der Waals surface area contributed by atoms with Crippen LogP contribution in [0.25, 0.3) is 10.9 Å². The van der Waals surface area contributed by atoms with Crippen molar-refractivity contribution in [2.24, 2.45) is 5.73 Å². The lowest BCUT2D eigenvalue weighted by Gasteiger charge is -2.05. The molecule has 1 atom stereocenters. The Morgan fingerprint density at radius 3 is 3.00 bits per heavy atom. The summed E-state index contributed by atoms with van der Waals surface area (Å²) in [4.78, 5) is 18.7. The Hall–Kier alpha value is -1.39. The number of rotatable bonds is 2. The molecule has 1 unspecified atom stereocenters. The molecule has 5 heteroatoms. The summed E-state index contributed by atoms with van der Waals surface area (Å²) in [5, 5.41) is 1.11. The standard InChI is InChI=1S/C11H12ClN3O/c1-6(13)4-10-14-9-5-7(12)2-3-8(9)11(16)15-10/h2-3,5-6H,4,13H2,1H3,(H,14,15,16). The molecule has 0 spiro atoms. The summed E-state index contributed by atoms with van der Waals surface area (Å²) in [5.74, 6) is 0.592. The minimum absolute atomic E-state index is 0.0419. The van der Waals surface area contributed by atoms with Gasteiger partial charge in [-0.1, -0.05) is 11.6 Å². The van der Waals surface area contributed by atoms with Gasteiger partial charge >= 0.3 is 0 Å². The first-order chi connectivity index (χ1) is 7.56. The van der Waals surface area contributed by atoms with Crippen LogP contribution in [-0.4, -0.2) is 16.0 Å². The maximum atomic E-state index is 11.7. The monoisotopic (exact) mass is 237 g/mol. The van der Waals surface area contributed by atoms with Crippen LogP contribution in [0.1, 0.15) is 12.7 Å². The fourth-order valence-electron chi connectivity index (χ4n) is 1.56. The first kappa shape index (κ1) is 11.1. The highest BCUT2D eigenvalue weighted by molar-refractivity contribution is 6.31. The van der Waals surface area contributed by atoms with E-state index in [2.05, 4.69) is 9.97 Å². The van der Waals surface area contributed by atoms with E-state index in [9.17, 15) is 4.79 Å². The molecule has 2 aromatic rings. The van der Waals surface area contributed by atoms with Crippen LogP contribution in [0.15, 0.2) is 23.0 Å². The van der Waals surface area contributed by atoms with Gasteiger partial charge in [-0.05, 0) is 25.1 Å². The number of benzene rings is 1. The molecular formula is C11H12ClN3O. The number of nitrogens with zero attached hydrogens (tertiary/aromatic N) is 1. The van der Waals surface area contributed by atoms with E-state index in [1.165, 1.54) is 0 Å². The lowest BCUT2D eigenvalue weighted by atomic mass is 10.2. The fraction of sp³-hybridized carbons (Fsp3) is 0.273. The summed E-state index contributed by atoms with van der Waals surface area (Å²) < 4.78 is 0. The van der Waals surface area contributed by atoms with Crippen molar-refractivity contribution in [1.29, 1.82) is 0 Å². The Balaban J connectivity index is 2.61. The van der Waals surface area contributed by atoms with Crippen molar-refractivity contribution in [3.63, 3.8) is 0 Å². The molecule has 0 bridgehead atoms. The smallest absolute Gasteiger partial charge is 0.258 e. The van der Waals surface area contributed by atoms with E-state index in [-0.39, 0.29) is 11.6 Å². The highest BCUT2D eigenvalue weighted by Crippen LogP contribution is 2.14. The normalized spacial score (nSPS) is 12.9. The Kier molecular flexibility index (Phi) is 2.94. The Labute approximate surface area is 97.5 Å².